The Hall–Kier alpha value is -1.65. The standard InChI is InChI=1S/C15H18ClN3O/c1-3-20-9-13-7-5-4-6-12(13)8-17-15-11(2)14(16)18-10-19-15/h4-7,10H,3,8-9H2,1-2H3,(H,17,18,19). The lowest BCUT2D eigenvalue weighted by atomic mass is 10.1. The zero-order valence-corrected chi connectivity index (χ0v) is 12.4. The van der Waals surface area contributed by atoms with Gasteiger partial charge in [0.1, 0.15) is 17.3 Å². The van der Waals surface area contributed by atoms with Gasteiger partial charge in [0, 0.05) is 18.7 Å². The number of ether oxygens (including phenoxy) is 1. The van der Waals surface area contributed by atoms with Crippen LogP contribution in [0.3, 0.4) is 0 Å². The highest BCUT2D eigenvalue weighted by Crippen LogP contribution is 2.19. The van der Waals surface area contributed by atoms with E-state index in [1.54, 1.807) is 0 Å². The Bertz CT molecular complexity index is 575. The van der Waals surface area contributed by atoms with E-state index in [0.29, 0.717) is 24.9 Å². The van der Waals surface area contributed by atoms with Gasteiger partial charge < -0.3 is 10.1 Å². The highest BCUT2D eigenvalue weighted by Gasteiger charge is 2.06. The Balaban J connectivity index is 2.09. The van der Waals surface area contributed by atoms with Crippen LogP contribution < -0.4 is 5.32 Å². The van der Waals surface area contributed by atoms with Gasteiger partial charge in [0.05, 0.1) is 6.61 Å². The number of halogens is 1. The van der Waals surface area contributed by atoms with Crippen LogP contribution in [0, 0.1) is 6.92 Å². The number of hydrogen-bond donors (Lipinski definition) is 1. The predicted octanol–water partition coefficient (Wildman–Crippen LogP) is 3.59. The SMILES string of the molecule is CCOCc1ccccc1CNc1ncnc(Cl)c1C. The first-order chi connectivity index (χ1) is 9.72. The Morgan fingerprint density at radius 1 is 1.20 bits per heavy atom. The number of aromatic nitrogens is 2. The Morgan fingerprint density at radius 3 is 2.70 bits per heavy atom. The summed E-state index contributed by atoms with van der Waals surface area (Å²) in [5, 5.41) is 3.77. The highest BCUT2D eigenvalue weighted by molar-refractivity contribution is 6.30. The van der Waals surface area contributed by atoms with Crippen LogP contribution in [-0.2, 0) is 17.9 Å². The van der Waals surface area contributed by atoms with E-state index in [4.69, 9.17) is 16.3 Å². The molecule has 106 valence electrons. The van der Waals surface area contributed by atoms with Gasteiger partial charge in [0.15, 0.2) is 0 Å². The summed E-state index contributed by atoms with van der Waals surface area (Å²) in [5.41, 5.74) is 3.23. The van der Waals surface area contributed by atoms with E-state index in [2.05, 4.69) is 27.4 Å². The van der Waals surface area contributed by atoms with Gasteiger partial charge in [-0.3, -0.25) is 0 Å². The second kappa shape index (κ2) is 7.22. The molecule has 0 saturated carbocycles. The lowest BCUT2D eigenvalue weighted by molar-refractivity contribution is 0.133. The topological polar surface area (TPSA) is 47.0 Å². The normalized spacial score (nSPS) is 10.6. The monoisotopic (exact) mass is 291 g/mol. The molecule has 0 spiro atoms. The molecule has 1 heterocycles. The van der Waals surface area contributed by atoms with Gasteiger partial charge >= 0.3 is 0 Å². The van der Waals surface area contributed by atoms with Crippen LogP contribution in [0.2, 0.25) is 5.15 Å². The second-order valence-corrected chi connectivity index (χ2v) is 4.76. The minimum absolute atomic E-state index is 0.477. The molecule has 5 heteroatoms. The van der Waals surface area contributed by atoms with E-state index in [1.807, 2.05) is 26.0 Å². The third-order valence-corrected chi connectivity index (χ3v) is 3.43. The van der Waals surface area contributed by atoms with E-state index in [-0.39, 0.29) is 0 Å². The van der Waals surface area contributed by atoms with Crippen LogP contribution in [0.25, 0.3) is 0 Å². The van der Waals surface area contributed by atoms with Crippen molar-refractivity contribution < 1.29 is 4.74 Å². The number of benzene rings is 1. The molecular weight excluding hydrogens is 274 g/mol. The first-order valence-corrected chi connectivity index (χ1v) is 6.95. The van der Waals surface area contributed by atoms with Crippen molar-refractivity contribution >= 4 is 17.4 Å². The minimum atomic E-state index is 0.477. The van der Waals surface area contributed by atoms with Gasteiger partial charge in [-0.2, -0.15) is 0 Å². The van der Waals surface area contributed by atoms with Crippen LogP contribution in [0.5, 0.6) is 0 Å². The molecule has 1 aromatic carbocycles. The van der Waals surface area contributed by atoms with Crippen molar-refractivity contribution in [2.75, 3.05) is 11.9 Å². The zero-order valence-electron chi connectivity index (χ0n) is 11.7. The fourth-order valence-corrected chi connectivity index (χ4v) is 2.00. The molecule has 0 aliphatic carbocycles. The van der Waals surface area contributed by atoms with E-state index >= 15 is 0 Å². The maximum Gasteiger partial charge on any atom is 0.137 e. The summed E-state index contributed by atoms with van der Waals surface area (Å²) in [6, 6.07) is 8.20. The van der Waals surface area contributed by atoms with Crippen molar-refractivity contribution in [1.29, 1.82) is 0 Å². The van der Waals surface area contributed by atoms with Crippen molar-refractivity contribution in [1.82, 2.24) is 9.97 Å². The predicted molar refractivity (Wildman–Crippen MR) is 80.9 cm³/mol. The molecule has 0 atom stereocenters. The summed E-state index contributed by atoms with van der Waals surface area (Å²) < 4.78 is 5.48. The summed E-state index contributed by atoms with van der Waals surface area (Å²) in [5.74, 6) is 0.760. The molecule has 1 N–H and O–H groups in total. The first kappa shape index (κ1) is 14.8. The smallest absolute Gasteiger partial charge is 0.137 e. The minimum Gasteiger partial charge on any atom is -0.377 e. The van der Waals surface area contributed by atoms with E-state index in [0.717, 1.165) is 11.4 Å². The number of hydrogen-bond acceptors (Lipinski definition) is 4. The van der Waals surface area contributed by atoms with Gasteiger partial charge in [0.25, 0.3) is 0 Å². The van der Waals surface area contributed by atoms with Crippen molar-refractivity contribution in [2.24, 2.45) is 0 Å². The molecule has 0 aliphatic rings. The molecular formula is C15H18ClN3O. The number of nitrogens with zero attached hydrogens (tertiary/aromatic N) is 2. The third-order valence-electron chi connectivity index (χ3n) is 3.05. The summed E-state index contributed by atoms with van der Waals surface area (Å²) in [6.07, 6.45) is 1.46. The van der Waals surface area contributed by atoms with Crippen molar-refractivity contribution in [2.45, 2.75) is 27.0 Å². The van der Waals surface area contributed by atoms with Crippen molar-refractivity contribution in [3.63, 3.8) is 0 Å². The summed E-state index contributed by atoms with van der Waals surface area (Å²) in [4.78, 5) is 8.15. The van der Waals surface area contributed by atoms with Crippen LogP contribution in [0.1, 0.15) is 23.6 Å². The lowest BCUT2D eigenvalue weighted by Crippen LogP contribution is -2.07. The fourth-order valence-electron chi connectivity index (χ4n) is 1.87. The molecule has 0 bridgehead atoms. The largest absolute Gasteiger partial charge is 0.377 e. The van der Waals surface area contributed by atoms with Crippen LogP contribution in [0.4, 0.5) is 5.82 Å². The highest BCUT2D eigenvalue weighted by atomic mass is 35.5. The van der Waals surface area contributed by atoms with E-state index < -0.39 is 0 Å². The van der Waals surface area contributed by atoms with Gasteiger partial charge in [-0.1, -0.05) is 35.9 Å². The molecule has 20 heavy (non-hydrogen) atoms. The third kappa shape index (κ3) is 3.68. The van der Waals surface area contributed by atoms with Crippen LogP contribution in [-0.4, -0.2) is 16.6 Å². The summed E-state index contributed by atoms with van der Waals surface area (Å²) in [6.45, 7) is 5.90. The fraction of sp³-hybridized carbons (Fsp3) is 0.333. The first-order valence-electron chi connectivity index (χ1n) is 6.58. The molecule has 2 aromatic rings. The van der Waals surface area contributed by atoms with E-state index in [9.17, 15) is 0 Å². The number of anilines is 1. The molecule has 0 amide bonds. The average molecular weight is 292 g/mol. The van der Waals surface area contributed by atoms with Crippen molar-refractivity contribution in [3.05, 3.63) is 52.4 Å². The molecule has 0 radical (unpaired) electrons. The molecule has 1 aromatic heterocycles. The molecule has 0 saturated heterocycles. The molecule has 2 rings (SSSR count). The summed E-state index contributed by atoms with van der Waals surface area (Å²) in [7, 11) is 0. The molecule has 0 unspecified atom stereocenters. The van der Waals surface area contributed by atoms with E-state index in [1.165, 1.54) is 17.5 Å². The maximum atomic E-state index is 5.98. The summed E-state index contributed by atoms with van der Waals surface area (Å²) >= 11 is 5.98. The number of rotatable bonds is 6. The second-order valence-electron chi connectivity index (χ2n) is 4.40. The van der Waals surface area contributed by atoms with Crippen molar-refractivity contribution in [3.8, 4) is 0 Å². The molecule has 4 nitrogen and oxygen atoms in total. The average Bonchev–Trinajstić information content (AvgIpc) is 2.47. The Labute approximate surface area is 124 Å². The molecule has 0 fully saturated rings. The quantitative estimate of drug-likeness (QED) is 0.826. The van der Waals surface area contributed by atoms with Gasteiger partial charge in [-0.25, -0.2) is 9.97 Å². The van der Waals surface area contributed by atoms with Crippen LogP contribution >= 0.6 is 11.6 Å². The number of nitrogens with one attached hydrogen (secondary N) is 1. The Morgan fingerprint density at radius 2 is 1.95 bits per heavy atom. The van der Waals surface area contributed by atoms with Crippen LogP contribution in [0.15, 0.2) is 30.6 Å². The van der Waals surface area contributed by atoms with Gasteiger partial charge in [-0.15, -0.1) is 0 Å². The molecule has 0 aliphatic heterocycles. The zero-order chi connectivity index (χ0) is 14.4. The van der Waals surface area contributed by atoms with Gasteiger partial charge in [-0.05, 0) is 25.0 Å². The van der Waals surface area contributed by atoms with Gasteiger partial charge in [0.2, 0.25) is 0 Å². The maximum absolute atomic E-state index is 5.98. The Kier molecular flexibility index (Phi) is 5.32. The lowest BCUT2D eigenvalue weighted by Gasteiger charge is -2.12.